The van der Waals surface area contributed by atoms with Gasteiger partial charge in [0, 0.05) is 11.3 Å². The van der Waals surface area contributed by atoms with Crippen LogP contribution in [-0.2, 0) is 4.79 Å². The van der Waals surface area contributed by atoms with Gasteiger partial charge in [-0.1, -0.05) is 17.2 Å². The number of hydrogen-bond donors (Lipinski definition) is 1. The predicted molar refractivity (Wildman–Crippen MR) is 116 cm³/mol. The van der Waals surface area contributed by atoms with Gasteiger partial charge in [-0.05, 0) is 68.4 Å². The van der Waals surface area contributed by atoms with E-state index in [9.17, 15) is 4.79 Å². The van der Waals surface area contributed by atoms with Gasteiger partial charge in [0.05, 0.1) is 7.11 Å². The molecule has 1 amide bonds. The molecule has 0 radical (unpaired) electrons. The van der Waals surface area contributed by atoms with Crippen LogP contribution in [0.2, 0.25) is 0 Å². The number of ether oxygens (including phenoxy) is 2. The molecule has 0 spiro atoms. The van der Waals surface area contributed by atoms with Crippen molar-refractivity contribution in [3.05, 3.63) is 71.8 Å². The predicted octanol–water partition coefficient (Wildman–Crippen LogP) is 5.14. The number of carbonyl (C=O) groups is 1. The minimum absolute atomic E-state index is 0.100. The number of anilines is 1. The van der Waals surface area contributed by atoms with Gasteiger partial charge >= 0.3 is 0 Å². The molecule has 6 nitrogen and oxygen atoms in total. The lowest BCUT2D eigenvalue weighted by Gasteiger charge is -2.08. The molecular weight excluding hydrogens is 380 g/mol. The monoisotopic (exact) mass is 402 g/mol. The fraction of sp³-hybridized carbons (Fsp3) is 0.167. The smallest absolute Gasteiger partial charge is 0.262 e. The first-order chi connectivity index (χ1) is 14.5. The Morgan fingerprint density at radius 1 is 0.967 bits per heavy atom. The topological polar surface area (TPSA) is 73.6 Å². The van der Waals surface area contributed by atoms with E-state index in [-0.39, 0.29) is 12.5 Å². The van der Waals surface area contributed by atoms with Crippen LogP contribution in [0.1, 0.15) is 11.1 Å². The van der Waals surface area contributed by atoms with Gasteiger partial charge in [0.25, 0.3) is 5.91 Å². The standard InChI is InChI=1S/C24H22N2O4/c1-15-10-16(2)12-17(11-15)24-26-21-13-18(4-9-22(21)30-24)25-23(27)14-29-20-7-5-19(28-3)6-8-20/h4-13H,14H2,1-3H3,(H,25,27). The van der Waals surface area contributed by atoms with E-state index < -0.39 is 0 Å². The van der Waals surface area contributed by atoms with E-state index in [0.717, 1.165) is 22.4 Å². The van der Waals surface area contributed by atoms with E-state index in [2.05, 4.69) is 16.4 Å². The summed E-state index contributed by atoms with van der Waals surface area (Å²) in [6, 6.07) is 18.6. The Labute approximate surface area is 174 Å². The molecule has 1 heterocycles. The maximum Gasteiger partial charge on any atom is 0.262 e. The number of nitrogens with one attached hydrogen (secondary N) is 1. The zero-order valence-electron chi connectivity index (χ0n) is 17.1. The van der Waals surface area contributed by atoms with Crippen molar-refractivity contribution in [3.63, 3.8) is 0 Å². The first kappa shape index (κ1) is 19.5. The fourth-order valence-corrected chi connectivity index (χ4v) is 3.24. The Morgan fingerprint density at radius 3 is 2.37 bits per heavy atom. The largest absolute Gasteiger partial charge is 0.497 e. The average molecular weight is 402 g/mol. The summed E-state index contributed by atoms with van der Waals surface area (Å²) in [5, 5.41) is 2.82. The molecule has 4 aromatic rings. The molecule has 6 heteroatoms. The van der Waals surface area contributed by atoms with E-state index in [1.807, 2.05) is 26.0 Å². The molecule has 0 aliphatic heterocycles. The molecule has 0 atom stereocenters. The summed E-state index contributed by atoms with van der Waals surface area (Å²) in [5.74, 6) is 1.62. The molecule has 0 saturated heterocycles. The van der Waals surface area contributed by atoms with Gasteiger partial charge < -0.3 is 19.2 Å². The summed E-state index contributed by atoms with van der Waals surface area (Å²) < 4.78 is 16.5. The Bertz CT molecular complexity index is 1180. The van der Waals surface area contributed by atoms with E-state index >= 15 is 0 Å². The van der Waals surface area contributed by atoms with E-state index in [0.29, 0.717) is 28.4 Å². The second-order valence-electron chi connectivity index (χ2n) is 7.09. The maximum atomic E-state index is 12.2. The normalized spacial score (nSPS) is 10.8. The third-order valence-corrected chi connectivity index (χ3v) is 4.57. The van der Waals surface area contributed by atoms with Crippen LogP contribution in [0, 0.1) is 13.8 Å². The van der Waals surface area contributed by atoms with Crippen molar-refractivity contribution >= 4 is 22.7 Å². The van der Waals surface area contributed by atoms with Crippen LogP contribution in [0.15, 0.2) is 65.1 Å². The molecule has 0 unspecified atom stereocenters. The number of aromatic nitrogens is 1. The molecule has 0 fully saturated rings. The third-order valence-electron chi connectivity index (χ3n) is 4.57. The first-order valence-corrected chi connectivity index (χ1v) is 9.56. The van der Waals surface area contributed by atoms with Crippen LogP contribution < -0.4 is 14.8 Å². The number of benzene rings is 3. The number of carbonyl (C=O) groups excluding carboxylic acids is 1. The lowest BCUT2D eigenvalue weighted by molar-refractivity contribution is -0.118. The summed E-state index contributed by atoms with van der Waals surface area (Å²) in [6.07, 6.45) is 0. The van der Waals surface area contributed by atoms with E-state index in [1.165, 1.54) is 0 Å². The molecule has 0 bridgehead atoms. The third kappa shape index (κ3) is 4.43. The highest BCUT2D eigenvalue weighted by atomic mass is 16.5. The highest BCUT2D eigenvalue weighted by Crippen LogP contribution is 2.27. The Kier molecular flexibility index (Phi) is 5.39. The Balaban J connectivity index is 1.44. The van der Waals surface area contributed by atoms with Gasteiger partial charge in [-0.15, -0.1) is 0 Å². The Hall–Kier alpha value is -3.80. The van der Waals surface area contributed by atoms with Crippen molar-refractivity contribution in [2.45, 2.75) is 13.8 Å². The van der Waals surface area contributed by atoms with Crippen molar-refractivity contribution < 1.29 is 18.7 Å². The van der Waals surface area contributed by atoms with Crippen LogP contribution >= 0.6 is 0 Å². The van der Waals surface area contributed by atoms with E-state index in [4.69, 9.17) is 13.9 Å². The minimum Gasteiger partial charge on any atom is -0.497 e. The number of oxazole rings is 1. The molecule has 4 rings (SSSR count). The summed E-state index contributed by atoms with van der Waals surface area (Å²) in [7, 11) is 1.60. The number of aryl methyl sites for hydroxylation is 2. The molecule has 0 saturated carbocycles. The first-order valence-electron chi connectivity index (χ1n) is 9.56. The zero-order chi connectivity index (χ0) is 21.1. The van der Waals surface area contributed by atoms with Gasteiger partial charge in [0.2, 0.25) is 5.89 Å². The summed E-state index contributed by atoms with van der Waals surface area (Å²) >= 11 is 0. The molecule has 1 aromatic heterocycles. The molecule has 30 heavy (non-hydrogen) atoms. The van der Waals surface area contributed by atoms with Crippen LogP contribution in [-0.4, -0.2) is 24.6 Å². The number of hydrogen-bond acceptors (Lipinski definition) is 5. The second-order valence-corrected chi connectivity index (χ2v) is 7.09. The van der Waals surface area contributed by atoms with Crippen LogP contribution in [0.5, 0.6) is 11.5 Å². The highest BCUT2D eigenvalue weighted by molar-refractivity contribution is 5.94. The van der Waals surface area contributed by atoms with Crippen molar-refractivity contribution in [1.29, 1.82) is 0 Å². The van der Waals surface area contributed by atoms with Crippen LogP contribution in [0.25, 0.3) is 22.6 Å². The fourth-order valence-electron chi connectivity index (χ4n) is 3.24. The van der Waals surface area contributed by atoms with Crippen molar-refractivity contribution in [3.8, 4) is 23.0 Å². The summed E-state index contributed by atoms with van der Waals surface area (Å²) in [5.41, 5.74) is 5.21. The molecule has 0 aliphatic rings. The van der Waals surface area contributed by atoms with Gasteiger partial charge in [-0.25, -0.2) is 4.98 Å². The number of amides is 1. The quantitative estimate of drug-likeness (QED) is 0.483. The minimum atomic E-state index is -0.261. The van der Waals surface area contributed by atoms with Crippen molar-refractivity contribution in [2.24, 2.45) is 0 Å². The molecule has 152 valence electrons. The molecule has 3 aromatic carbocycles. The molecular formula is C24H22N2O4. The van der Waals surface area contributed by atoms with Crippen molar-refractivity contribution in [1.82, 2.24) is 4.98 Å². The van der Waals surface area contributed by atoms with Crippen LogP contribution in [0.3, 0.4) is 0 Å². The van der Waals surface area contributed by atoms with Crippen LogP contribution in [0.4, 0.5) is 5.69 Å². The van der Waals surface area contributed by atoms with Gasteiger partial charge in [0.15, 0.2) is 12.2 Å². The molecule has 0 aliphatic carbocycles. The average Bonchev–Trinajstić information content (AvgIpc) is 3.15. The van der Waals surface area contributed by atoms with Crippen molar-refractivity contribution in [2.75, 3.05) is 19.0 Å². The summed E-state index contributed by atoms with van der Waals surface area (Å²) in [6.45, 7) is 3.98. The van der Waals surface area contributed by atoms with Gasteiger partial charge in [0.1, 0.15) is 17.0 Å². The zero-order valence-corrected chi connectivity index (χ0v) is 17.1. The maximum absolute atomic E-state index is 12.2. The molecule has 1 N–H and O–H groups in total. The highest BCUT2D eigenvalue weighted by Gasteiger charge is 2.11. The Morgan fingerprint density at radius 2 is 1.67 bits per heavy atom. The van der Waals surface area contributed by atoms with Gasteiger partial charge in [-0.3, -0.25) is 4.79 Å². The summed E-state index contributed by atoms with van der Waals surface area (Å²) in [4.78, 5) is 16.8. The van der Waals surface area contributed by atoms with Gasteiger partial charge in [-0.2, -0.15) is 0 Å². The number of nitrogens with zero attached hydrogens (tertiary/aromatic N) is 1. The lowest BCUT2D eigenvalue weighted by atomic mass is 10.1. The second kappa shape index (κ2) is 8.29. The SMILES string of the molecule is COc1ccc(OCC(=O)Nc2ccc3oc(-c4cc(C)cc(C)c4)nc3c2)cc1. The number of rotatable bonds is 6. The van der Waals surface area contributed by atoms with E-state index in [1.54, 1.807) is 49.6 Å². The number of methoxy groups -OCH3 is 1. The lowest BCUT2D eigenvalue weighted by Crippen LogP contribution is -2.20. The number of fused-ring (bicyclic) bond motifs is 1.